The van der Waals surface area contributed by atoms with Gasteiger partial charge in [0.15, 0.2) is 0 Å². The van der Waals surface area contributed by atoms with Gasteiger partial charge in [-0.3, -0.25) is 15.0 Å². The van der Waals surface area contributed by atoms with Crippen LogP contribution in [0.2, 0.25) is 0 Å². The van der Waals surface area contributed by atoms with E-state index in [0.29, 0.717) is 17.6 Å². The van der Waals surface area contributed by atoms with E-state index < -0.39 is 30.0 Å². The van der Waals surface area contributed by atoms with Gasteiger partial charge in [0, 0.05) is 11.3 Å². The molecule has 17 heteroatoms. The van der Waals surface area contributed by atoms with Crippen molar-refractivity contribution in [3.05, 3.63) is 75.7 Å². The Hall–Kier alpha value is -1.02. The summed E-state index contributed by atoms with van der Waals surface area (Å²) >= 11 is 0.497. The fraction of sp³-hybridized carbons (Fsp3) is 0.0500. The minimum absolute atomic E-state index is 0. The van der Waals surface area contributed by atoms with E-state index in [0.717, 1.165) is 12.1 Å². The van der Waals surface area contributed by atoms with Gasteiger partial charge in [0.2, 0.25) is 5.71 Å². The minimum Gasteiger partial charge on any atom is -0.744 e. The van der Waals surface area contributed by atoms with Crippen LogP contribution < -0.4 is 81.2 Å². The van der Waals surface area contributed by atoms with E-state index in [9.17, 15) is 31.2 Å². The molecule has 0 bridgehead atoms. The first-order chi connectivity index (χ1) is 16.2. The summed E-state index contributed by atoms with van der Waals surface area (Å²) in [5.74, 6) is 0. The van der Waals surface area contributed by atoms with Gasteiger partial charge in [-0.25, -0.2) is 8.42 Å². The summed E-state index contributed by atoms with van der Waals surface area (Å²) in [4.78, 5) is -1.04. The molecule has 186 valence electrons. The zero-order chi connectivity index (χ0) is 26.1. The molecule has 2 aromatic carbocycles. The molecule has 12 nitrogen and oxygen atoms in total. The summed E-state index contributed by atoms with van der Waals surface area (Å²) < 4.78 is 73.2. The second kappa shape index (κ2) is 13.4. The summed E-state index contributed by atoms with van der Waals surface area (Å²) in [6.45, 7) is 1.49. The first-order valence-electron chi connectivity index (χ1n) is 9.38. The molecular weight excluding hydrogens is 568 g/mol. The largest absolute Gasteiger partial charge is 1.00 e. The maximum Gasteiger partial charge on any atom is 1.00 e. The standard InChI is InChI=1S/C20H19N3O9S3.2Na/c1-10-6-13(9-18(20(10)23)35(28,29)30)19(11-2-4-14(21)16(7-11)33-32-31-24)12-3-5-15(22)17(8-12)34(25,26)27;;/h2-9,23-24H,21-22H2,1H3,(H,25,26,27)(H,28,29,30);;/q;2*+1/p-1/b19-13+,23-20?;;. The van der Waals surface area contributed by atoms with Crippen molar-refractivity contribution in [2.45, 2.75) is 16.7 Å². The van der Waals surface area contributed by atoms with Crippen molar-refractivity contribution >= 4 is 54.9 Å². The van der Waals surface area contributed by atoms with Crippen LogP contribution in [0.4, 0.5) is 11.4 Å². The molecule has 7 N–H and O–H groups in total. The van der Waals surface area contributed by atoms with Gasteiger partial charge in [0.25, 0.3) is 10.1 Å². The van der Waals surface area contributed by atoms with E-state index in [1.165, 1.54) is 43.3 Å². The Kier molecular flexibility index (Phi) is 12.3. The Labute approximate surface area is 261 Å². The SMILES string of the molecule is CC1=C/C(=C(/c2ccc(N)c(SOO[O-])c2)c2ccc(N)c(S(=O)(=O)O)c2)C=C(S(=O)(=O)[O-])C1=[NH2+].[Na+].[Na+]. The van der Waals surface area contributed by atoms with Gasteiger partial charge in [-0.2, -0.15) is 12.8 Å². The Morgan fingerprint density at radius 1 is 1.00 bits per heavy atom. The summed E-state index contributed by atoms with van der Waals surface area (Å²) in [6.07, 6.45) is 2.53. The molecule has 1 aliphatic carbocycles. The van der Waals surface area contributed by atoms with E-state index in [1.807, 2.05) is 0 Å². The fourth-order valence-electron chi connectivity index (χ4n) is 3.34. The monoisotopic (exact) mass is 586 g/mol. The van der Waals surface area contributed by atoms with Crippen LogP contribution in [0.5, 0.6) is 0 Å². The molecule has 0 amide bonds. The molecule has 1 aliphatic rings. The number of nitrogen functional groups attached to an aromatic ring is 2. The molecule has 0 heterocycles. The van der Waals surface area contributed by atoms with Gasteiger partial charge in [-0.1, -0.05) is 12.1 Å². The molecule has 2 aromatic rings. The minimum atomic E-state index is -4.98. The van der Waals surface area contributed by atoms with E-state index >= 15 is 0 Å². The van der Waals surface area contributed by atoms with Crippen LogP contribution in [0.1, 0.15) is 18.1 Å². The molecule has 0 unspecified atom stereocenters. The molecule has 0 saturated heterocycles. The summed E-state index contributed by atoms with van der Waals surface area (Å²) in [5, 5.41) is 19.4. The van der Waals surface area contributed by atoms with Gasteiger partial charge in [0.05, 0.1) is 22.6 Å². The number of rotatable bonds is 7. The van der Waals surface area contributed by atoms with Crippen molar-refractivity contribution in [1.29, 1.82) is 0 Å². The first-order valence-corrected chi connectivity index (χ1v) is 13.0. The molecule has 0 radical (unpaired) electrons. The molecule has 0 aliphatic heterocycles. The van der Waals surface area contributed by atoms with E-state index in [2.05, 4.69) is 9.37 Å². The Balaban J connectivity index is 0.00000342. The maximum absolute atomic E-state index is 11.9. The molecule has 0 saturated carbocycles. The van der Waals surface area contributed by atoms with Crippen LogP contribution >= 0.6 is 12.0 Å². The van der Waals surface area contributed by atoms with Gasteiger partial charge >= 0.3 is 59.1 Å². The van der Waals surface area contributed by atoms with Crippen molar-refractivity contribution < 1.29 is 105 Å². The van der Waals surface area contributed by atoms with Crippen LogP contribution in [-0.2, 0) is 29.6 Å². The Bertz CT molecular complexity index is 1540. The summed E-state index contributed by atoms with van der Waals surface area (Å²) in [5.41, 5.74) is 12.5. The number of allylic oxidation sites excluding steroid dienone is 5. The van der Waals surface area contributed by atoms with Crippen molar-refractivity contribution in [3.63, 3.8) is 0 Å². The average Bonchev–Trinajstić information content (AvgIpc) is 2.75. The Morgan fingerprint density at radius 2 is 1.57 bits per heavy atom. The third-order valence-electron chi connectivity index (χ3n) is 4.94. The first kappa shape index (κ1) is 34.0. The Morgan fingerprint density at radius 3 is 2.11 bits per heavy atom. The normalized spacial score (nSPS) is 15.2. The number of nitrogens with two attached hydrogens (primary N) is 3. The van der Waals surface area contributed by atoms with Crippen LogP contribution in [0, 0.1) is 0 Å². The van der Waals surface area contributed by atoms with Crippen LogP contribution in [0.15, 0.2) is 74.4 Å². The van der Waals surface area contributed by atoms with Gasteiger partial charge < -0.3 is 21.3 Å². The third kappa shape index (κ3) is 8.00. The molecule has 3 rings (SSSR count). The number of hydrogen-bond acceptors (Lipinski definition) is 11. The molecule has 0 fully saturated rings. The second-order valence-electron chi connectivity index (χ2n) is 7.23. The van der Waals surface area contributed by atoms with Crippen molar-refractivity contribution in [3.8, 4) is 0 Å². The molecule has 0 aromatic heterocycles. The zero-order valence-corrected chi connectivity index (χ0v) is 26.2. The van der Waals surface area contributed by atoms with Crippen LogP contribution in [0.3, 0.4) is 0 Å². The summed E-state index contributed by atoms with van der Waals surface area (Å²) in [7, 11) is -9.71. The van der Waals surface area contributed by atoms with Crippen LogP contribution in [-0.4, -0.2) is 31.7 Å². The molecule has 0 spiro atoms. The predicted molar refractivity (Wildman–Crippen MR) is 124 cm³/mol. The van der Waals surface area contributed by atoms with E-state index in [4.69, 9.17) is 16.9 Å². The molecule has 37 heavy (non-hydrogen) atoms. The predicted octanol–water partition coefficient (Wildman–Crippen LogP) is -6.27. The van der Waals surface area contributed by atoms with Gasteiger partial charge in [-0.15, -0.1) is 0 Å². The van der Waals surface area contributed by atoms with Crippen molar-refractivity contribution in [1.82, 2.24) is 0 Å². The number of hydrogen-bond donors (Lipinski definition) is 4. The van der Waals surface area contributed by atoms with E-state index in [1.54, 1.807) is 0 Å². The van der Waals surface area contributed by atoms with Gasteiger partial charge in [0.1, 0.15) is 19.9 Å². The molecule has 0 atom stereocenters. The van der Waals surface area contributed by atoms with Crippen LogP contribution in [0.25, 0.3) is 5.57 Å². The quantitative estimate of drug-likeness (QED) is 0.0593. The maximum atomic E-state index is 11.9. The van der Waals surface area contributed by atoms with Crippen molar-refractivity contribution in [2.24, 2.45) is 0 Å². The van der Waals surface area contributed by atoms with E-state index in [-0.39, 0.29) is 103 Å². The van der Waals surface area contributed by atoms with Crippen molar-refractivity contribution in [2.75, 3.05) is 11.5 Å². The fourth-order valence-corrected chi connectivity index (χ4v) is 5.13. The number of benzene rings is 2. The second-order valence-corrected chi connectivity index (χ2v) is 10.7. The topological polar surface area (TPSA) is 231 Å². The smallest absolute Gasteiger partial charge is 0.744 e. The summed E-state index contributed by atoms with van der Waals surface area (Å²) in [6, 6.07) is 8.16. The van der Waals surface area contributed by atoms with Gasteiger partial charge in [-0.05, 0) is 65.6 Å². The average molecular weight is 587 g/mol. The third-order valence-corrected chi connectivity index (χ3v) is 7.38. The number of anilines is 2. The molecular formula is C20H18N3Na2O9S3+. The zero-order valence-electron chi connectivity index (χ0n) is 19.8.